The molecule has 1 saturated heterocycles. The van der Waals surface area contributed by atoms with Crippen LogP contribution in [0, 0.1) is 11.8 Å². The third-order valence-corrected chi connectivity index (χ3v) is 6.81. The molecule has 0 bridgehead atoms. The van der Waals surface area contributed by atoms with Gasteiger partial charge in [-0.05, 0) is 35.4 Å². The Hall–Kier alpha value is -3.30. The Labute approximate surface area is 222 Å². The van der Waals surface area contributed by atoms with Gasteiger partial charge in [0.05, 0.1) is 38.1 Å². The zero-order valence-corrected chi connectivity index (χ0v) is 20.8. The summed E-state index contributed by atoms with van der Waals surface area (Å²) in [5.74, 6) is -3.31. The largest absolute Gasteiger partial charge is 0.508 e. The quantitative estimate of drug-likeness (QED) is 0.127. The molecule has 1 fully saturated rings. The monoisotopic (exact) mass is 550 g/mol. The van der Waals surface area contributed by atoms with Gasteiger partial charge >= 0.3 is 11.9 Å². The predicted octanol–water partition coefficient (Wildman–Crippen LogP) is -1.29. The minimum Gasteiger partial charge on any atom is -0.508 e. The number of ether oxygens (including phenoxy) is 5. The maximum atomic E-state index is 12.7. The fourth-order valence-electron chi connectivity index (χ4n) is 4.80. The molecule has 2 heterocycles. The third-order valence-electron chi connectivity index (χ3n) is 6.81. The molecule has 1 aliphatic carbocycles. The van der Waals surface area contributed by atoms with Crippen LogP contribution in [0.3, 0.4) is 0 Å². The Balaban J connectivity index is 1.56. The molecule has 0 amide bonds. The van der Waals surface area contributed by atoms with Gasteiger partial charge in [0.25, 0.3) is 0 Å². The lowest BCUT2D eigenvalue weighted by atomic mass is 9.82. The van der Waals surface area contributed by atoms with E-state index in [1.54, 1.807) is 12.1 Å². The Kier molecular flexibility index (Phi) is 9.02. The fraction of sp³-hybridized carbons (Fsp3) is 0.462. The van der Waals surface area contributed by atoms with E-state index in [1.165, 1.54) is 24.3 Å². The summed E-state index contributed by atoms with van der Waals surface area (Å²) >= 11 is 0. The zero-order valence-electron chi connectivity index (χ0n) is 20.8. The number of aliphatic hydroxyl groups is 5. The van der Waals surface area contributed by atoms with E-state index in [9.17, 15) is 40.2 Å². The molecule has 9 atom stereocenters. The summed E-state index contributed by atoms with van der Waals surface area (Å²) in [7, 11) is 1.16. The van der Waals surface area contributed by atoms with E-state index in [-0.39, 0.29) is 11.3 Å². The maximum absolute atomic E-state index is 12.7. The number of hydrogen-bond donors (Lipinski definition) is 6. The molecule has 212 valence electrons. The van der Waals surface area contributed by atoms with Gasteiger partial charge in [-0.25, -0.2) is 9.59 Å². The number of phenols is 1. The Morgan fingerprint density at radius 2 is 1.72 bits per heavy atom. The number of phenolic OH excluding ortho intramolecular Hbond substituents is 1. The van der Waals surface area contributed by atoms with Gasteiger partial charge in [0.15, 0.2) is 6.29 Å². The van der Waals surface area contributed by atoms with Crippen LogP contribution < -0.4 is 0 Å². The second kappa shape index (κ2) is 12.3. The van der Waals surface area contributed by atoms with Crippen LogP contribution in [-0.4, -0.2) is 106 Å². The minimum absolute atomic E-state index is 0.00355. The summed E-state index contributed by atoms with van der Waals surface area (Å²) in [5.41, 5.74) is 0.912. The van der Waals surface area contributed by atoms with Gasteiger partial charge in [-0.3, -0.25) is 0 Å². The first-order valence-corrected chi connectivity index (χ1v) is 12.1. The first-order valence-electron chi connectivity index (χ1n) is 12.1. The molecule has 0 saturated carbocycles. The predicted molar refractivity (Wildman–Crippen MR) is 129 cm³/mol. The van der Waals surface area contributed by atoms with Crippen molar-refractivity contribution in [1.29, 1.82) is 0 Å². The van der Waals surface area contributed by atoms with E-state index >= 15 is 0 Å². The van der Waals surface area contributed by atoms with Crippen molar-refractivity contribution < 1.29 is 63.9 Å². The van der Waals surface area contributed by atoms with Gasteiger partial charge in [-0.1, -0.05) is 12.1 Å². The number of aromatic hydroxyl groups is 1. The van der Waals surface area contributed by atoms with Crippen LogP contribution in [0.5, 0.6) is 5.75 Å². The lowest BCUT2D eigenvalue weighted by Gasteiger charge is -2.43. The Morgan fingerprint density at radius 1 is 1.00 bits per heavy atom. The van der Waals surface area contributed by atoms with Gasteiger partial charge in [0.1, 0.15) is 36.3 Å². The highest BCUT2D eigenvalue weighted by Gasteiger charge is 2.53. The highest BCUT2D eigenvalue weighted by Crippen LogP contribution is 2.45. The van der Waals surface area contributed by atoms with Crippen molar-refractivity contribution >= 4 is 18.0 Å². The molecule has 1 aromatic rings. The molecule has 0 spiro atoms. The molecule has 0 unspecified atom stereocenters. The zero-order chi connectivity index (χ0) is 28.3. The number of benzene rings is 1. The molecule has 0 aromatic heterocycles. The summed E-state index contributed by atoms with van der Waals surface area (Å²) in [6.07, 6.45) is -5.04. The van der Waals surface area contributed by atoms with Crippen molar-refractivity contribution in [1.82, 2.24) is 0 Å². The van der Waals surface area contributed by atoms with Crippen LogP contribution in [0.25, 0.3) is 6.08 Å². The van der Waals surface area contributed by atoms with Crippen molar-refractivity contribution in [2.24, 2.45) is 11.8 Å². The van der Waals surface area contributed by atoms with E-state index < -0.39 is 80.1 Å². The number of carbonyl (C=O) groups is 2. The van der Waals surface area contributed by atoms with Gasteiger partial charge < -0.3 is 54.3 Å². The van der Waals surface area contributed by atoms with E-state index in [0.717, 1.165) is 19.4 Å². The number of methoxy groups -OCH3 is 1. The average molecular weight is 551 g/mol. The van der Waals surface area contributed by atoms with Crippen molar-refractivity contribution in [2.75, 3.05) is 20.3 Å². The number of hydrogen-bond acceptors (Lipinski definition) is 13. The van der Waals surface area contributed by atoms with Gasteiger partial charge in [0.2, 0.25) is 6.29 Å². The third kappa shape index (κ3) is 5.99. The molecular weight excluding hydrogens is 520 g/mol. The molecular formula is C26H30O13. The van der Waals surface area contributed by atoms with Crippen LogP contribution in [0.2, 0.25) is 0 Å². The molecule has 39 heavy (non-hydrogen) atoms. The molecule has 1 aromatic carbocycles. The van der Waals surface area contributed by atoms with Gasteiger partial charge in [0, 0.05) is 12.0 Å². The summed E-state index contributed by atoms with van der Waals surface area (Å²) < 4.78 is 27.2. The van der Waals surface area contributed by atoms with Crippen LogP contribution in [0.15, 0.2) is 53.8 Å². The first-order chi connectivity index (χ1) is 18.7. The highest BCUT2D eigenvalue weighted by molar-refractivity contribution is 5.90. The number of carbonyl (C=O) groups excluding carboxylic acids is 2. The second-order valence-corrected chi connectivity index (χ2v) is 9.18. The number of aliphatic hydroxyl groups excluding tert-OH is 5. The van der Waals surface area contributed by atoms with E-state index in [2.05, 4.69) is 0 Å². The van der Waals surface area contributed by atoms with E-state index in [4.69, 9.17) is 23.7 Å². The summed E-state index contributed by atoms with van der Waals surface area (Å²) in [6, 6.07) is 6.08. The van der Waals surface area contributed by atoms with Crippen LogP contribution in [0.1, 0.15) is 5.56 Å². The average Bonchev–Trinajstić information content (AvgIpc) is 3.31. The molecule has 13 nitrogen and oxygen atoms in total. The minimum atomic E-state index is -1.72. The normalized spacial score (nSPS) is 34.1. The summed E-state index contributed by atoms with van der Waals surface area (Å²) in [6.45, 7) is -1.20. The Morgan fingerprint density at radius 3 is 2.36 bits per heavy atom. The van der Waals surface area contributed by atoms with Gasteiger partial charge in [-0.2, -0.15) is 0 Å². The molecule has 6 N–H and O–H groups in total. The van der Waals surface area contributed by atoms with Crippen molar-refractivity contribution in [3.05, 3.63) is 59.4 Å². The summed E-state index contributed by atoms with van der Waals surface area (Å²) in [4.78, 5) is 25.2. The van der Waals surface area contributed by atoms with E-state index in [1.807, 2.05) is 0 Å². The summed E-state index contributed by atoms with van der Waals surface area (Å²) in [5, 5.41) is 59.5. The molecule has 13 heteroatoms. The molecule has 4 rings (SSSR count). The Bertz CT molecular complexity index is 1130. The lowest BCUT2D eigenvalue weighted by Crippen LogP contribution is -2.60. The molecule has 0 radical (unpaired) electrons. The van der Waals surface area contributed by atoms with Crippen LogP contribution >= 0.6 is 0 Å². The SMILES string of the molecule is COC(=O)C1=CO[C@@H](O[C@@H]2O[C@H](CO)[C@@H](O)[C@H](O)[C@H]2O)[C@H]2C(CO)=C[C@H](OC(=O)C=Cc3ccc(O)cc3)[C@@H]12. The topological polar surface area (TPSA) is 202 Å². The maximum Gasteiger partial charge on any atom is 0.337 e. The molecule has 2 aliphatic heterocycles. The van der Waals surface area contributed by atoms with Crippen molar-refractivity contribution in [3.8, 4) is 5.75 Å². The first kappa shape index (κ1) is 28.7. The highest BCUT2D eigenvalue weighted by atomic mass is 16.8. The van der Waals surface area contributed by atoms with Crippen molar-refractivity contribution in [2.45, 2.75) is 43.1 Å². The van der Waals surface area contributed by atoms with Crippen LogP contribution in [0.4, 0.5) is 0 Å². The standard InChI is InChI=1S/C26H30O13/c1-35-24(34)15-11-36-25(39-26-23(33)22(32)21(31)17(10-28)38-26)19-13(9-27)8-16(20(15)19)37-18(30)7-4-12-2-5-14(29)6-3-12/h2-8,11,16-17,19-23,25-29,31-33H,9-10H2,1H3/t16-,17+,19-,20+,21+,22-,23+,25-,26-/m0/s1. The smallest absolute Gasteiger partial charge is 0.337 e. The fourth-order valence-corrected chi connectivity index (χ4v) is 4.80. The van der Waals surface area contributed by atoms with E-state index in [0.29, 0.717) is 11.1 Å². The van der Waals surface area contributed by atoms with Crippen molar-refractivity contribution in [3.63, 3.8) is 0 Å². The van der Waals surface area contributed by atoms with Crippen LogP contribution in [-0.2, 0) is 33.3 Å². The lowest BCUT2D eigenvalue weighted by molar-refractivity contribution is -0.340. The number of fused-ring (bicyclic) bond motifs is 1. The number of esters is 2. The molecule has 3 aliphatic rings. The second-order valence-electron chi connectivity index (χ2n) is 9.18. The number of rotatable bonds is 8. The van der Waals surface area contributed by atoms with Gasteiger partial charge in [-0.15, -0.1) is 0 Å².